The predicted octanol–water partition coefficient (Wildman–Crippen LogP) is 4.34. The number of aldehydes is 1. The summed E-state index contributed by atoms with van der Waals surface area (Å²) in [6.07, 6.45) is 2.78. The summed E-state index contributed by atoms with van der Waals surface area (Å²) >= 11 is 0. The molecule has 0 aromatic heterocycles. The maximum absolute atomic E-state index is 12.9. The van der Waals surface area contributed by atoms with E-state index >= 15 is 0 Å². The first-order valence-corrected chi connectivity index (χ1v) is 12.5. The van der Waals surface area contributed by atoms with E-state index in [0.29, 0.717) is 48.2 Å². The average Bonchev–Trinajstić information content (AvgIpc) is 3.44. The third kappa shape index (κ3) is 4.77. The minimum absolute atomic E-state index is 0.274. The highest BCUT2D eigenvalue weighted by Gasteiger charge is 2.38. The van der Waals surface area contributed by atoms with Crippen molar-refractivity contribution in [2.24, 2.45) is 0 Å². The van der Waals surface area contributed by atoms with Gasteiger partial charge in [0, 0.05) is 24.7 Å². The number of anilines is 1. The van der Waals surface area contributed by atoms with Crippen molar-refractivity contribution in [3.63, 3.8) is 0 Å². The average molecular weight is 497 g/mol. The molecule has 0 N–H and O–H groups in total. The van der Waals surface area contributed by atoms with Crippen LogP contribution in [0.4, 0.5) is 5.69 Å². The lowest BCUT2D eigenvalue weighted by atomic mass is 9.98. The van der Waals surface area contributed by atoms with Crippen molar-refractivity contribution in [2.45, 2.75) is 32.2 Å². The summed E-state index contributed by atoms with van der Waals surface area (Å²) in [4.78, 5) is 53.3. The predicted molar refractivity (Wildman–Crippen MR) is 139 cm³/mol. The van der Waals surface area contributed by atoms with Crippen LogP contribution in [-0.2, 0) is 17.6 Å². The van der Waals surface area contributed by atoms with Crippen LogP contribution in [0.3, 0.4) is 0 Å². The summed E-state index contributed by atoms with van der Waals surface area (Å²) in [5, 5.41) is 0. The van der Waals surface area contributed by atoms with Crippen LogP contribution >= 0.6 is 0 Å². The van der Waals surface area contributed by atoms with E-state index in [1.54, 1.807) is 48.5 Å². The Kier molecular flexibility index (Phi) is 6.86. The third-order valence-corrected chi connectivity index (χ3v) is 6.98. The first-order valence-electron chi connectivity index (χ1n) is 12.5. The quantitative estimate of drug-likeness (QED) is 0.190. The fraction of sp³-hybridized carbons (Fsp3) is 0.267. The monoisotopic (exact) mass is 496 g/mol. The topological polar surface area (TPSA) is 84.0 Å². The van der Waals surface area contributed by atoms with Crippen molar-refractivity contribution in [1.29, 1.82) is 0 Å². The van der Waals surface area contributed by atoms with Gasteiger partial charge in [-0.3, -0.25) is 19.3 Å². The van der Waals surface area contributed by atoms with Gasteiger partial charge in [-0.15, -0.1) is 0 Å². The lowest BCUT2D eigenvalue weighted by molar-refractivity contribution is 0.0500. The first kappa shape index (κ1) is 24.4. The number of imide groups is 1. The Morgan fingerprint density at radius 1 is 1.00 bits per heavy atom. The van der Waals surface area contributed by atoms with Crippen LogP contribution in [0.5, 0.6) is 0 Å². The minimum atomic E-state index is -0.346. The highest BCUT2D eigenvalue weighted by Crippen LogP contribution is 2.34. The zero-order valence-electron chi connectivity index (χ0n) is 20.7. The number of benzene rings is 3. The van der Waals surface area contributed by atoms with E-state index in [4.69, 9.17) is 4.74 Å². The molecule has 5 rings (SSSR count). The molecular formula is C30H28N2O5. The summed E-state index contributed by atoms with van der Waals surface area (Å²) in [6.45, 7) is 3.60. The molecule has 7 nitrogen and oxygen atoms in total. The molecule has 0 bridgehead atoms. The third-order valence-electron chi connectivity index (χ3n) is 6.98. The van der Waals surface area contributed by atoms with E-state index in [2.05, 4.69) is 11.0 Å². The highest BCUT2D eigenvalue weighted by molar-refractivity contribution is 6.21. The van der Waals surface area contributed by atoms with Crippen molar-refractivity contribution >= 4 is 29.8 Å². The number of nitrogens with zero attached hydrogens (tertiary/aromatic N) is 2. The molecule has 1 unspecified atom stereocenters. The molecule has 0 spiro atoms. The molecule has 7 heteroatoms. The number of amides is 2. The molecule has 3 aromatic rings. The van der Waals surface area contributed by atoms with Crippen LogP contribution in [-0.4, -0.2) is 54.7 Å². The number of ether oxygens (including phenoxy) is 1. The van der Waals surface area contributed by atoms with Gasteiger partial charge in [-0.1, -0.05) is 36.4 Å². The summed E-state index contributed by atoms with van der Waals surface area (Å²) in [5.41, 5.74) is 4.92. The number of fused-ring (bicyclic) bond motifs is 2. The summed E-state index contributed by atoms with van der Waals surface area (Å²) in [5.74, 6) is -0.888. The zero-order valence-corrected chi connectivity index (χ0v) is 20.7. The number of carbonyl (C=O) groups excluding carboxylic acids is 4. The Balaban J connectivity index is 1.23. The van der Waals surface area contributed by atoms with E-state index in [1.807, 2.05) is 19.1 Å². The molecule has 0 saturated carbocycles. The Hall–Kier alpha value is -4.26. The molecule has 2 aliphatic rings. The second-order valence-corrected chi connectivity index (χ2v) is 9.48. The van der Waals surface area contributed by atoms with E-state index in [9.17, 15) is 19.2 Å². The van der Waals surface area contributed by atoms with E-state index in [1.165, 1.54) is 4.90 Å². The molecule has 0 radical (unpaired) electrons. The van der Waals surface area contributed by atoms with E-state index in [-0.39, 0.29) is 23.8 Å². The molecule has 188 valence electrons. The normalized spacial score (nSPS) is 14.9. The molecule has 2 aliphatic heterocycles. The van der Waals surface area contributed by atoms with Crippen LogP contribution in [0.15, 0.2) is 66.7 Å². The Morgan fingerprint density at radius 3 is 2.35 bits per heavy atom. The van der Waals surface area contributed by atoms with Gasteiger partial charge in [0.25, 0.3) is 11.8 Å². The Labute approximate surface area is 215 Å². The van der Waals surface area contributed by atoms with Crippen LogP contribution in [0, 0.1) is 0 Å². The van der Waals surface area contributed by atoms with Gasteiger partial charge in [0.2, 0.25) is 0 Å². The maximum atomic E-state index is 12.9. The van der Waals surface area contributed by atoms with Crippen molar-refractivity contribution < 1.29 is 23.9 Å². The lowest BCUT2D eigenvalue weighted by Crippen LogP contribution is -2.39. The van der Waals surface area contributed by atoms with Gasteiger partial charge in [0.1, 0.15) is 0 Å². The molecule has 0 aliphatic carbocycles. The lowest BCUT2D eigenvalue weighted by Gasteiger charge is -2.24. The summed E-state index contributed by atoms with van der Waals surface area (Å²) in [7, 11) is 0. The molecule has 2 heterocycles. The van der Waals surface area contributed by atoms with E-state index < -0.39 is 0 Å². The number of rotatable bonds is 9. The molecule has 1 atom stereocenters. The summed E-state index contributed by atoms with van der Waals surface area (Å²) < 4.78 is 5.39. The van der Waals surface area contributed by atoms with Gasteiger partial charge in [0.05, 0.1) is 29.0 Å². The Morgan fingerprint density at radius 2 is 1.68 bits per heavy atom. The van der Waals surface area contributed by atoms with Crippen LogP contribution in [0.1, 0.15) is 65.9 Å². The molecule has 37 heavy (non-hydrogen) atoms. The van der Waals surface area contributed by atoms with Crippen molar-refractivity contribution in [2.75, 3.05) is 24.6 Å². The van der Waals surface area contributed by atoms with Gasteiger partial charge in [-0.2, -0.15) is 0 Å². The maximum Gasteiger partial charge on any atom is 0.338 e. The number of esters is 1. The zero-order chi connectivity index (χ0) is 25.9. The minimum Gasteiger partial charge on any atom is -0.462 e. The second kappa shape index (κ2) is 10.4. The summed E-state index contributed by atoms with van der Waals surface area (Å²) in [6, 6.07) is 19.4. The molecule has 2 amide bonds. The fourth-order valence-corrected chi connectivity index (χ4v) is 5.28. The number of hydrogen-bond acceptors (Lipinski definition) is 6. The van der Waals surface area contributed by atoms with Crippen molar-refractivity contribution in [3.05, 3.63) is 100 Å². The van der Waals surface area contributed by atoms with Gasteiger partial charge in [-0.25, -0.2) is 4.79 Å². The molecule has 3 aromatic carbocycles. The van der Waals surface area contributed by atoms with Crippen LogP contribution in [0.25, 0.3) is 0 Å². The van der Waals surface area contributed by atoms with Gasteiger partial charge in [0.15, 0.2) is 6.29 Å². The van der Waals surface area contributed by atoms with Gasteiger partial charge >= 0.3 is 5.97 Å². The van der Waals surface area contributed by atoms with Crippen LogP contribution in [0.2, 0.25) is 0 Å². The van der Waals surface area contributed by atoms with Crippen molar-refractivity contribution in [3.8, 4) is 0 Å². The SMILES string of the molecule is CC(Cc1cc(C=O)c2c(c1)CCN2CCCOC(=O)c1ccccc1)N1C(=O)c2ccccc2C1=O. The first-order chi connectivity index (χ1) is 18.0. The van der Waals surface area contributed by atoms with Gasteiger partial charge in [-0.05, 0) is 67.6 Å². The smallest absolute Gasteiger partial charge is 0.338 e. The van der Waals surface area contributed by atoms with Gasteiger partial charge < -0.3 is 9.64 Å². The van der Waals surface area contributed by atoms with E-state index in [0.717, 1.165) is 36.1 Å². The molecule has 0 fully saturated rings. The highest BCUT2D eigenvalue weighted by atomic mass is 16.5. The second-order valence-electron chi connectivity index (χ2n) is 9.48. The standard InChI is InChI=1S/C30H28N2O5/c1-20(32-28(34)25-10-5-6-11-26(25)29(32)35)16-21-17-23-12-14-31(27(23)24(18-21)19-33)13-7-15-37-30(36)22-8-3-2-4-9-22/h2-6,8-11,17-20H,7,12-16H2,1H3. The molecule has 0 saturated heterocycles. The number of hydrogen-bond donors (Lipinski definition) is 0. The van der Waals surface area contributed by atoms with Crippen molar-refractivity contribution in [1.82, 2.24) is 4.90 Å². The Bertz CT molecular complexity index is 1330. The number of carbonyl (C=O) groups is 4. The molecular weight excluding hydrogens is 468 g/mol. The largest absolute Gasteiger partial charge is 0.462 e. The van der Waals surface area contributed by atoms with Crippen LogP contribution < -0.4 is 4.90 Å². The fourth-order valence-electron chi connectivity index (χ4n) is 5.28.